The van der Waals surface area contributed by atoms with Gasteiger partial charge in [0.1, 0.15) is 11.5 Å². The van der Waals surface area contributed by atoms with Crippen LogP contribution in [0.3, 0.4) is 0 Å². The Hall–Kier alpha value is -1.38. The number of rotatable bonds is 2. The summed E-state index contributed by atoms with van der Waals surface area (Å²) >= 11 is 0. The van der Waals surface area contributed by atoms with Gasteiger partial charge in [-0.1, -0.05) is 0 Å². The van der Waals surface area contributed by atoms with E-state index in [0.717, 1.165) is 25.7 Å². The van der Waals surface area contributed by atoms with E-state index in [1.54, 1.807) is 12.2 Å². The number of ether oxygens (including phenoxy) is 1. The van der Waals surface area contributed by atoms with E-state index in [2.05, 4.69) is 0 Å². The summed E-state index contributed by atoms with van der Waals surface area (Å²) in [6.07, 6.45) is 7.66. The maximum Gasteiger partial charge on any atom is 0.159 e. The van der Waals surface area contributed by atoms with Crippen LogP contribution in [0.4, 0.5) is 0 Å². The molecule has 0 saturated heterocycles. The molecule has 80 valence electrons. The molecule has 2 rings (SSSR count). The third-order valence-electron chi connectivity index (χ3n) is 2.60. The molecule has 3 nitrogen and oxygen atoms in total. The van der Waals surface area contributed by atoms with Gasteiger partial charge < -0.3 is 4.74 Å². The Bertz CT molecular complexity index is 316. The number of allylic oxidation sites excluding steroid dienone is 4. The summed E-state index contributed by atoms with van der Waals surface area (Å²) in [7, 11) is 0. The summed E-state index contributed by atoms with van der Waals surface area (Å²) in [5.41, 5.74) is 0. The van der Waals surface area contributed by atoms with Crippen molar-refractivity contribution in [3.8, 4) is 0 Å². The molecule has 0 amide bonds. The molecule has 3 heteroatoms. The highest BCUT2D eigenvalue weighted by molar-refractivity contribution is 5.91. The summed E-state index contributed by atoms with van der Waals surface area (Å²) in [6, 6.07) is 0. The number of hydrogen-bond donors (Lipinski definition) is 0. The average Bonchev–Trinajstić information content (AvgIpc) is 2.17. The maximum absolute atomic E-state index is 11.1. The molecular formula is C12H14O3. The molecule has 0 radical (unpaired) electrons. The Balaban J connectivity index is 2.02. The molecule has 0 saturated carbocycles. The second kappa shape index (κ2) is 4.43. The van der Waals surface area contributed by atoms with Crippen molar-refractivity contribution in [2.75, 3.05) is 0 Å². The highest BCUT2D eigenvalue weighted by atomic mass is 16.5. The van der Waals surface area contributed by atoms with E-state index >= 15 is 0 Å². The smallest absolute Gasteiger partial charge is 0.159 e. The molecule has 0 fully saturated rings. The second-order valence-electron chi connectivity index (χ2n) is 3.96. The number of ketones is 2. The zero-order chi connectivity index (χ0) is 10.7. The molecule has 0 atom stereocenters. The first-order valence-electron chi connectivity index (χ1n) is 5.39. The zero-order valence-corrected chi connectivity index (χ0v) is 8.62. The Morgan fingerprint density at radius 2 is 1.27 bits per heavy atom. The maximum atomic E-state index is 11.1. The van der Waals surface area contributed by atoms with Crippen molar-refractivity contribution in [1.29, 1.82) is 0 Å². The van der Waals surface area contributed by atoms with Gasteiger partial charge in [-0.15, -0.1) is 0 Å². The van der Waals surface area contributed by atoms with Crippen molar-refractivity contribution in [2.24, 2.45) is 0 Å². The molecule has 0 aliphatic heterocycles. The van der Waals surface area contributed by atoms with Gasteiger partial charge in [-0.3, -0.25) is 9.59 Å². The van der Waals surface area contributed by atoms with Crippen molar-refractivity contribution in [2.45, 2.75) is 38.5 Å². The van der Waals surface area contributed by atoms with Crippen molar-refractivity contribution < 1.29 is 14.3 Å². The lowest BCUT2D eigenvalue weighted by Crippen LogP contribution is -2.09. The Labute approximate surface area is 88.8 Å². The van der Waals surface area contributed by atoms with Crippen LogP contribution < -0.4 is 0 Å². The van der Waals surface area contributed by atoms with Crippen molar-refractivity contribution in [3.63, 3.8) is 0 Å². The van der Waals surface area contributed by atoms with Gasteiger partial charge in [-0.25, -0.2) is 0 Å². The fourth-order valence-corrected chi connectivity index (χ4v) is 1.85. The minimum atomic E-state index is 0.124. The van der Waals surface area contributed by atoms with Gasteiger partial charge >= 0.3 is 0 Å². The van der Waals surface area contributed by atoms with Crippen molar-refractivity contribution >= 4 is 11.6 Å². The van der Waals surface area contributed by atoms with Crippen LogP contribution in [0.1, 0.15) is 38.5 Å². The molecule has 0 spiro atoms. The van der Waals surface area contributed by atoms with Crippen LogP contribution in [0, 0.1) is 0 Å². The van der Waals surface area contributed by atoms with Gasteiger partial charge in [-0.2, -0.15) is 0 Å². The highest BCUT2D eigenvalue weighted by Gasteiger charge is 2.15. The van der Waals surface area contributed by atoms with Crippen LogP contribution in [0.2, 0.25) is 0 Å². The molecule has 2 aliphatic carbocycles. The second-order valence-corrected chi connectivity index (χ2v) is 3.96. The summed E-state index contributed by atoms with van der Waals surface area (Å²) in [6.45, 7) is 0. The Morgan fingerprint density at radius 3 is 1.67 bits per heavy atom. The monoisotopic (exact) mass is 206 g/mol. The normalized spacial score (nSPS) is 22.1. The van der Waals surface area contributed by atoms with E-state index in [-0.39, 0.29) is 11.6 Å². The van der Waals surface area contributed by atoms with E-state index in [4.69, 9.17) is 4.74 Å². The lowest BCUT2D eigenvalue weighted by Gasteiger charge is -2.17. The van der Waals surface area contributed by atoms with Crippen LogP contribution in [0.5, 0.6) is 0 Å². The van der Waals surface area contributed by atoms with Gasteiger partial charge in [0.2, 0.25) is 0 Å². The molecule has 0 heterocycles. The first kappa shape index (κ1) is 10.1. The molecule has 0 aromatic carbocycles. The van der Waals surface area contributed by atoms with Crippen LogP contribution in [-0.4, -0.2) is 11.6 Å². The van der Waals surface area contributed by atoms with E-state index in [9.17, 15) is 9.59 Å². The number of hydrogen-bond acceptors (Lipinski definition) is 3. The molecule has 0 bridgehead atoms. The van der Waals surface area contributed by atoms with E-state index in [0.29, 0.717) is 24.4 Å². The minimum absolute atomic E-state index is 0.124. The van der Waals surface area contributed by atoms with Crippen LogP contribution >= 0.6 is 0 Å². The number of carbonyl (C=O) groups is 2. The zero-order valence-electron chi connectivity index (χ0n) is 8.62. The fraction of sp³-hybridized carbons (Fsp3) is 0.500. The molecule has 0 aromatic rings. The summed E-state index contributed by atoms with van der Waals surface area (Å²) < 4.78 is 5.55. The minimum Gasteiger partial charge on any atom is -0.466 e. The summed E-state index contributed by atoms with van der Waals surface area (Å²) in [5.74, 6) is 1.68. The Kier molecular flexibility index (Phi) is 2.99. The standard InChI is InChI=1S/C12H14O3/c13-9-3-1-5-11(7-9)15-12-6-2-4-10(14)8-12/h7-8H,1-6H2. The molecule has 0 unspecified atom stereocenters. The highest BCUT2D eigenvalue weighted by Crippen LogP contribution is 2.23. The topological polar surface area (TPSA) is 43.4 Å². The van der Waals surface area contributed by atoms with Gasteiger partial charge in [0.15, 0.2) is 11.6 Å². The molecular weight excluding hydrogens is 192 g/mol. The molecule has 0 aromatic heterocycles. The van der Waals surface area contributed by atoms with E-state index in [1.807, 2.05) is 0 Å². The SMILES string of the molecule is O=C1C=C(OC2=CC(=O)CCC2)CCC1. The predicted molar refractivity (Wildman–Crippen MR) is 55.0 cm³/mol. The van der Waals surface area contributed by atoms with Gasteiger partial charge in [0.25, 0.3) is 0 Å². The number of carbonyl (C=O) groups excluding carboxylic acids is 2. The predicted octanol–water partition coefficient (Wildman–Crippen LogP) is 2.28. The fourth-order valence-electron chi connectivity index (χ4n) is 1.85. The van der Waals surface area contributed by atoms with Gasteiger partial charge in [0.05, 0.1) is 0 Å². The summed E-state index contributed by atoms with van der Waals surface area (Å²) in [5, 5.41) is 0. The largest absolute Gasteiger partial charge is 0.466 e. The quantitative estimate of drug-likeness (QED) is 0.696. The van der Waals surface area contributed by atoms with Crippen LogP contribution in [0.15, 0.2) is 23.7 Å². The Morgan fingerprint density at radius 1 is 0.800 bits per heavy atom. The van der Waals surface area contributed by atoms with E-state index < -0.39 is 0 Å². The third kappa shape index (κ3) is 2.78. The first-order chi connectivity index (χ1) is 7.24. The van der Waals surface area contributed by atoms with Gasteiger partial charge in [-0.05, 0) is 12.8 Å². The molecule has 2 aliphatic rings. The van der Waals surface area contributed by atoms with Crippen molar-refractivity contribution in [3.05, 3.63) is 23.7 Å². The lowest BCUT2D eigenvalue weighted by atomic mass is 10.0. The van der Waals surface area contributed by atoms with Gasteiger partial charge in [0, 0.05) is 37.8 Å². The van der Waals surface area contributed by atoms with Crippen LogP contribution in [0.25, 0.3) is 0 Å². The molecule has 0 N–H and O–H groups in total. The molecule has 15 heavy (non-hydrogen) atoms. The average molecular weight is 206 g/mol. The van der Waals surface area contributed by atoms with Crippen LogP contribution in [-0.2, 0) is 14.3 Å². The third-order valence-corrected chi connectivity index (χ3v) is 2.60. The first-order valence-corrected chi connectivity index (χ1v) is 5.39. The lowest BCUT2D eigenvalue weighted by molar-refractivity contribution is -0.115. The van der Waals surface area contributed by atoms with Crippen molar-refractivity contribution in [1.82, 2.24) is 0 Å². The van der Waals surface area contributed by atoms with E-state index in [1.165, 1.54) is 0 Å². The summed E-state index contributed by atoms with van der Waals surface area (Å²) in [4.78, 5) is 22.3.